The maximum atomic E-state index is 12.8. The minimum absolute atomic E-state index is 0. The first-order valence-electron chi connectivity index (χ1n) is 8.51. The van der Waals surface area contributed by atoms with Crippen LogP contribution in [0.2, 0.25) is 0 Å². The van der Waals surface area contributed by atoms with Crippen LogP contribution < -0.4 is 5.32 Å². The van der Waals surface area contributed by atoms with E-state index in [0.29, 0.717) is 17.4 Å². The van der Waals surface area contributed by atoms with Crippen LogP contribution in [-0.2, 0) is 0 Å². The number of hydrogen-bond donors (Lipinski definition) is 1. The third kappa shape index (κ3) is 4.35. The van der Waals surface area contributed by atoms with Gasteiger partial charge in [0.05, 0.1) is 0 Å². The molecule has 0 bridgehead atoms. The number of nitrogens with zero attached hydrogens (tertiary/aromatic N) is 5. The first-order valence-corrected chi connectivity index (χ1v) is 8.51. The van der Waals surface area contributed by atoms with Gasteiger partial charge in [0.1, 0.15) is 0 Å². The fraction of sp³-hybridized carbons (Fsp3) is 0.471. The van der Waals surface area contributed by atoms with Gasteiger partial charge >= 0.3 is 0 Å². The van der Waals surface area contributed by atoms with Crippen molar-refractivity contribution in [2.45, 2.75) is 12.5 Å². The van der Waals surface area contributed by atoms with Crippen LogP contribution in [0.15, 0.2) is 36.8 Å². The molecule has 2 aliphatic heterocycles. The Kier molecular flexibility index (Phi) is 7.40. The first-order chi connectivity index (χ1) is 11.8. The smallest absolute Gasteiger partial charge is 0.254 e. The van der Waals surface area contributed by atoms with Gasteiger partial charge in [-0.3, -0.25) is 9.69 Å². The zero-order valence-corrected chi connectivity index (χ0v) is 16.1. The summed E-state index contributed by atoms with van der Waals surface area (Å²) in [7, 11) is 0. The molecule has 7 nitrogen and oxygen atoms in total. The molecule has 0 saturated carbocycles. The van der Waals surface area contributed by atoms with Gasteiger partial charge in [-0.2, -0.15) is 5.10 Å². The van der Waals surface area contributed by atoms with Gasteiger partial charge in [0.2, 0.25) is 0 Å². The van der Waals surface area contributed by atoms with Gasteiger partial charge in [-0.15, -0.1) is 24.8 Å². The molecule has 0 aliphatic carbocycles. The van der Waals surface area contributed by atoms with Gasteiger partial charge in [0.15, 0.2) is 5.82 Å². The number of aromatic nitrogens is 3. The highest BCUT2D eigenvalue weighted by Gasteiger charge is 2.31. The molecule has 1 N–H and O–H groups in total. The van der Waals surface area contributed by atoms with Crippen molar-refractivity contribution in [3.63, 3.8) is 0 Å². The molecule has 0 radical (unpaired) electrons. The van der Waals surface area contributed by atoms with Crippen LogP contribution in [-0.4, -0.2) is 75.8 Å². The molecule has 2 aliphatic rings. The van der Waals surface area contributed by atoms with E-state index in [2.05, 4.69) is 20.3 Å². The number of rotatable bonds is 3. The molecule has 4 heterocycles. The minimum atomic E-state index is 0. The van der Waals surface area contributed by atoms with Crippen LogP contribution in [0, 0.1) is 0 Å². The highest BCUT2D eigenvalue weighted by molar-refractivity contribution is 5.94. The quantitative estimate of drug-likeness (QED) is 0.841. The lowest BCUT2D eigenvalue weighted by atomic mass is 10.2. The van der Waals surface area contributed by atoms with E-state index in [1.165, 1.54) is 0 Å². The number of halogens is 2. The number of carbonyl (C=O) groups excluding carboxylic acids is 1. The summed E-state index contributed by atoms with van der Waals surface area (Å²) in [5.74, 6) is 0.757. The van der Waals surface area contributed by atoms with Gasteiger partial charge in [-0.1, -0.05) is 0 Å². The normalized spacial score (nSPS) is 20.3. The predicted molar refractivity (Wildman–Crippen MR) is 105 cm³/mol. The summed E-state index contributed by atoms with van der Waals surface area (Å²) < 4.78 is 1.67. The third-order valence-electron chi connectivity index (χ3n) is 4.85. The summed E-state index contributed by atoms with van der Waals surface area (Å²) in [6, 6.07) is 5.93. The fourth-order valence-electron chi connectivity index (χ4n) is 3.54. The summed E-state index contributed by atoms with van der Waals surface area (Å²) in [6.07, 6.45) is 6.26. The molecule has 0 aromatic carbocycles. The number of amides is 1. The highest BCUT2D eigenvalue weighted by Crippen LogP contribution is 2.19. The summed E-state index contributed by atoms with van der Waals surface area (Å²) in [5, 5.41) is 7.55. The Labute approximate surface area is 165 Å². The van der Waals surface area contributed by atoms with E-state index in [-0.39, 0.29) is 30.7 Å². The molecular formula is C17H24Cl2N6O. The van der Waals surface area contributed by atoms with E-state index in [4.69, 9.17) is 0 Å². The Balaban J connectivity index is 0.00000121. The maximum absolute atomic E-state index is 12.8. The lowest BCUT2D eigenvalue weighted by Crippen LogP contribution is -2.49. The average Bonchev–Trinajstić information content (AvgIpc) is 3.34. The van der Waals surface area contributed by atoms with Crippen LogP contribution >= 0.6 is 24.8 Å². The zero-order chi connectivity index (χ0) is 16.4. The Morgan fingerprint density at radius 1 is 1.15 bits per heavy atom. The number of piperazine rings is 1. The van der Waals surface area contributed by atoms with Crippen molar-refractivity contribution in [3.8, 4) is 5.82 Å². The topological polar surface area (TPSA) is 66.3 Å². The second-order valence-electron chi connectivity index (χ2n) is 6.33. The SMILES string of the molecule is Cl.Cl.O=C(c1ccnc(-n2cccn2)c1)N1CCC(N2CCNCC2)C1. The van der Waals surface area contributed by atoms with E-state index >= 15 is 0 Å². The van der Waals surface area contributed by atoms with Crippen molar-refractivity contribution in [3.05, 3.63) is 42.4 Å². The fourth-order valence-corrected chi connectivity index (χ4v) is 3.54. The van der Waals surface area contributed by atoms with Crippen molar-refractivity contribution < 1.29 is 4.79 Å². The lowest BCUT2D eigenvalue weighted by molar-refractivity contribution is 0.0773. The number of pyridine rings is 1. The second-order valence-corrected chi connectivity index (χ2v) is 6.33. The molecule has 0 spiro atoms. The van der Waals surface area contributed by atoms with E-state index in [9.17, 15) is 4.79 Å². The Hall–Kier alpha value is -1.67. The Morgan fingerprint density at radius 2 is 1.96 bits per heavy atom. The predicted octanol–water partition coefficient (Wildman–Crippen LogP) is 1.23. The molecule has 2 aromatic rings. The minimum Gasteiger partial charge on any atom is -0.337 e. The van der Waals surface area contributed by atoms with Gasteiger partial charge in [0.25, 0.3) is 5.91 Å². The van der Waals surface area contributed by atoms with E-state index < -0.39 is 0 Å². The van der Waals surface area contributed by atoms with E-state index in [0.717, 1.165) is 45.7 Å². The molecule has 1 unspecified atom stereocenters. The number of carbonyl (C=O) groups is 1. The number of hydrogen-bond acceptors (Lipinski definition) is 5. The van der Waals surface area contributed by atoms with Crippen molar-refractivity contribution >= 4 is 30.7 Å². The second kappa shape index (κ2) is 9.32. The zero-order valence-electron chi connectivity index (χ0n) is 14.5. The van der Waals surface area contributed by atoms with Crippen LogP contribution in [0.4, 0.5) is 0 Å². The van der Waals surface area contributed by atoms with Crippen LogP contribution in [0.25, 0.3) is 5.82 Å². The molecule has 2 aromatic heterocycles. The Bertz CT molecular complexity index is 705. The van der Waals surface area contributed by atoms with E-state index in [1.807, 2.05) is 23.2 Å². The van der Waals surface area contributed by atoms with Crippen LogP contribution in [0.5, 0.6) is 0 Å². The van der Waals surface area contributed by atoms with Gasteiger partial charge in [-0.25, -0.2) is 9.67 Å². The van der Waals surface area contributed by atoms with Crippen molar-refractivity contribution in [1.29, 1.82) is 0 Å². The summed E-state index contributed by atoms with van der Waals surface area (Å²) in [6.45, 7) is 5.88. The summed E-state index contributed by atoms with van der Waals surface area (Å²) >= 11 is 0. The molecule has 142 valence electrons. The molecule has 1 atom stereocenters. The third-order valence-corrected chi connectivity index (χ3v) is 4.85. The molecule has 4 rings (SSSR count). The molecule has 26 heavy (non-hydrogen) atoms. The molecule has 2 fully saturated rings. The summed E-state index contributed by atoms with van der Waals surface area (Å²) in [5.41, 5.74) is 0.677. The first kappa shape index (κ1) is 20.6. The largest absolute Gasteiger partial charge is 0.337 e. The standard InChI is InChI=1S/C17H22N6O.2ClH/c24-17(14-2-5-19-16(12-14)23-8-1-4-20-23)22-9-3-15(13-22)21-10-6-18-7-11-21;;/h1-2,4-5,8,12,15,18H,3,6-7,9-11,13H2;2*1H. The van der Waals surface area contributed by atoms with Gasteiger partial charge < -0.3 is 10.2 Å². The average molecular weight is 399 g/mol. The van der Waals surface area contributed by atoms with Crippen molar-refractivity contribution in [1.82, 2.24) is 29.9 Å². The lowest BCUT2D eigenvalue weighted by Gasteiger charge is -2.32. The van der Waals surface area contributed by atoms with Crippen molar-refractivity contribution in [2.24, 2.45) is 0 Å². The highest BCUT2D eigenvalue weighted by atomic mass is 35.5. The Morgan fingerprint density at radius 3 is 2.69 bits per heavy atom. The van der Waals surface area contributed by atoms with E-state index in [1.54, 1.807) is 23.1 Å². The molecule has 9 heteroatoms. The summed E-state index contributed by atoms with van der Waals surface area (Å²) in [4.78, 5) is 21.6. The number of nitrogens with one attached hydrogen (secondary N) is 1. The molecule has 2 saturated heterocycles. The van der Waals surface area contributed by atoms with Gasteiger partial charge in [0, 0.05) is 69.5 Å². The molecular weight excluding hydrogens is 375 g/mol. The van der Waals surface area contributed by atoms with Crippen LogP contribution in [0.1, 0.15) is 16.8 Å². The maximum Gasteiger partial charge on any atom is 0.254 e. The molecule has 1 amide bonds. The number of likely N-dealkylation sites (tertiary alicyclic amines) is 1. The van der Waals surface area contributed by atoms with Crippen molar-refractivity contribution in [2.75, 3.05) is 39.3 Å². The van der Waals surface area contributed by atoms with Crippen LogP contribution in [0.3, 0.4) is 0 Å². The van der Waals surface area contributed by atoms with Gasteiger partial charge in [-0.05, 0) is 24.6 Å². The monoisotopic (exact) mass is 398 g/mol.